The van der Waals surface area contributed by atoms with Crippen LogP contribution in [0.1, 0.15) is 30.4 Å². The van der Waals surface area contributed by atoms with Crippen molar-refractivity contribution in [2.45, 2.75) is 33.1 Å². The molecular weight excluding hydrogens is 465 g/mol. The third-order valence-electron chi connectivity index (χ3n) is 5.29. The van der Waals surface area contributed by atoms with Gasteiger partial charge in [0.1, 0.15) is 0 Å². The van der Waals surface area contributed by atoms with Gasteiger partial charge < -0.3 is 20.1 Å². The Morgan fingerprint density at radius 3 is 2.27 bits per heavy atom. The summed E-state index contributed by atoms with van der Waals surface area (Å²) in [6.07, 6.45) is 1.52. The molecule has 0 saturated heterocycles. The maximum absolute atomic E-state index is 10.9. The van der Waals surface area contributed by atoms with Crippen LogP contribution in [0.2, 0.25) is 0 Å². The maximum atomic E-state index is 10.9. The van der Waals surface area contributed by atoms with Crippen LogP contribution in [0.3, 0.4) is 0 Å². The van der Waals surface area contributed by atoms with Gasteiger partial charge >= 0.3 is 29.6 Å². The van der Waals surface area contributed by atoms with Crippen LogP contribution in [-0.2, 0) is 4.79 Å². The van der Waals surface area contributed by atoms with E-state index in [-0.39, 0.29) is 36.0 Å². The number of aromatic amines is 2. The molecule has 3 N–H and O–H groups in total. The van der Waals surface area contributed by atoms with Crippen molar-refractivity contribution in [2.75, 3.05) is 29.9 Å². The number of H-pyrrole nitrogens is 2. The number of carbonyl (C=O) groups is 1. The predicted octanol–water partition coefficient (Wildman–Crippen LogP) is 1.05. The number of rotatable bonds is 11. The average molecular weight is 494 g/mol. The van der Waals surface area contributed by atoms with E-state index in [4.69, 9.17) is 24.4 Å². The Bertz CT molecular complexity index is 1140. The molecule has 0 aliphatic rings. The Kier molecular flexibility index (Phi) is 10.9. The number of hydrogen-bond donors (Lipinski definition) is 3. The quantitative estimate of drug-likeness (QED) is 0.210. The standard InChI is InChI=1S/C23H29N5O2S2.Na/c1-16-7-3-8-17(2)21(16)27(13-5-11-20(29)30)14-6-12-24-18-9-4-10-19(15-18)28-22(31)25-26-23(28)32;/h3-4,7-10,15,24H,5-6,11-14H2,1-2H3,(H,25,31)(H,26,32)(H,29,30);/q;+1/p-1. The smallest absolute Gasteiger partial charge is 0.550 e. The molecule has 2 aromatic carbocycles. The van der Waals surface area contributed by atoms with Crippen molar-refractivity contribution in [2.24, 2.45) is 0 Å². The monoisotopic (exact) mass is 493 g/mol. The van der Waals surface area contributed by atoms with E-state index in [1.165, 1.54) is 16.8 Å². The maximum Gasteiger partial charge on any atom is 1.00 e. The van der Waals surface area contributed by atoms with E-state index in [0.29, 0.717) is 22.5 Å². The average Bonchev–Trinajstić information content (AvgIpc) is 3.08. The molecule has 0 bridgehead atoms. The number of carbonyl (C=O) groups excluding carboxylic acids is 1. The third kappa shape index (κ3) is 7.55. The summed E-state index contributed by atoms with van der Waals surface area (Å²) in [6, 6.07) is 14.2. The van der Waals surface area contributed by atoms with Crippen molar-refractivity contribution in [3.63, 3.8) is 0 Å². The molecule has 0 atom stereocenters. The number of carboxylic acid groups (broad SMARTS) is 1. The molecule has 0 aliphatic carbocycles. The first kappa shape index (κ1) is 27.3. The summed E-state index contributed by atoms with van der Waals surface area (Å²) < 4.78 is 2.82. The molecule has 0 amide bonds. The number of hydrogen-bond acceptors (Lipinski definition) is 6. The van der Waals surface area contributed by atoms with Gasteiger partial charge in [0, 0.05) is 37.0 Å². The topological polar surface area (TPSA) is 91.9 Å². The van der Waals surface area contributed by atoms with Crippen LogP contribution in [-0.4, -0.2) is 40.4 Å². The molecule has 0 saturated carbocycles. The first-order valence-electron chi connectivity index (χ1n) is 10.6. The fourth-order valence-electron chi connectivity index (χ4n) is 3.86. The van der Waals surface area contributed by atoms with Gasteiger partial charge in [0.05, 0.1) is 5.69 Å². The number of nitrogens with zero attached hydrogens (tertiary/aromatic N) is 2. The fraction of sp³-hybridized carbons (Fsp3) is 0.348. The number of anilines is 2. The third-order valence-corrected chi connectivity index (χ3v) is 5.85. The van der Waals surface area contributed by atoms with Crippen LogP contribution in [0, 0.1) is 23.4 Å². The van der Waals surface area contributed by atoms with E-state index in [0.717, 1.165) is 30.9 Å². The number of aliphatic carboxylic acids is 1. The number of aryl methyl sites for hydroxylation is 2. The first-order chi connectivity index (χ1) is 15.4. The Morgan fingerprint density at radius 1 is 1.03 bits per heavy atom. The van der Waals surface area contributed by atoms with E-state index in [1.54, 1.807) is 4.57 Å². The van der Waals surface area contributed by atoms with E-state index in [1.807, 2.05) is 30.3 Å². The molecule has 3 aromatic rings. The van der Waals surface area contributed by atoms with Gasteiger partial charge in [0.2, 0.25) is 0 Å². The Balaban J connectivity index is 0.00000385. The molecule has 0 spiro atoms. The molecule has 10 heteroatoms. The molecule has 0 aliphatic heterocycles. The minimum absolute atomic E-state index is 0. The zero-order valence-corrected chi connectivity index (χ0v) is 22.9. The van der Waals surface area contributed by atoms with Gasteiger partial charge in [-0.25, -0.2) is 0 Å². The predicted molar refractivity (Wildman–Crippen MR) is 132 cm³/mol. The van der Waals surface area contributed by atoms with Gasteiger partial charge in [0.25, 0.3) is 0 Å². The molecule has 3 rings (SSSR count). The summed E-state index contributed by atoms with van der Waals surface area (Å²) >= 11 is 10.6. The van der Waals surface area contributed by atoms with Crippen LogP contribution >= 0.6 is 24.4 Å². The molecule has 0 unspecified atom stereocenters. The van der Waals surface area contributed by atoms with Crippen LogP contribution in [0.4, 0.5) is 11.4 Å². The van der Waals surface area contributed by atoms with Crippen molar-refractivity contribution in [3.8, 4) is 5.69 Å². The number of nitrogens with one attached hydrogen (secondary N) is 3. The summed E-state index contributed by atoms with van der Waals surface area (Å²) in [4.78, 5) is 13.1. The normalized spacial score (nSPS) is 10.5. The summed E-state index contributed by atoms with van der Waals surface area (Å²) in [5, 5.41) is 20.0. The van der Waals surface area contributed by atoms with Crippen LogP contribution in [0.5, 0.6) is 0 Å². The second-order valence-electron chi connectivity index (χ2n) is 7.73. The van der Waals surface area contributed by atoms with Crippen molar-refractivity contribution in [3.05, 3.63) is 63.1 Å². The number of para-hydroxylation sites is 1. The molecule has 170 valence electrons. The van der Waals surface area contributed by atoms with Gasteiger partial charge in [-0.3, -0.25) is 14.8 Å². The molecule has 0 fully saturated rings. The minimum atomic E-state index is -1.00. The SMILES string of the molecule is Cc1cccc(C)c1N(CCCNc1cccc(-n2c(=S)[nH][nH]c2=S)c1)CCCC(=O)[O-].[Na+]. The largest absolute Gasteiger partial charge is 1.00 e. The summed E-state index contributed by atoms with van der Waals surface area (Å²) in [5.74, 6) is -1.00. The zero-order chi connectivity index (χ0) is 23.1. The first-order valence-corrected chi connectivity index (χ1v) is 11.4. The molecule has 7 nitrogen and oxygen atoms in total. The molecule has 0 radical (unpaired) electrons. The van der Waals surface area contributed by atoms with Crippen molar-refractivity contribution in [1.29, 1.82) is 0 Å². The molecule has 1 aromatic heterocycles. The second-order valence-corrected chi connectivity index (χ2v) is 8.50. The van der Waals surface area contributed by atoms with E-state index in [9.17, 15) is 9.90 Å². The molecule has 1 heterocycles. The van der Waals surface area contributed by atoms with Crippen LogP contribution in [0.25, 0.3) is 5.69 Å². The minimum Gasteiger partial charge on any atom is -0.550 e. The summed E-state index contributed by atoms with van der Waals surface area (Å²) in [5.41, 5.74) is 5.44. The second kappa shape index (κ2) is 13.1. The number of benzene rings is 2. The number of aromatic nitrogens is 3. The Labute approximate surface area is 226 Å². The van der Waals surface area contributed by atoms with Gasteiger partial charge in [-0.1, -0.05) is 24.3 Å². The Hall–Kier alpha value is -1.91. The van der Waals surface area contributed by atoms with Crippen molar-refractivity contribution in [1.82, 2.24) is 14.8 Å². The number of carboxylic acids is 1. The summed E-state index contributed by atoms with van der Waals surface area (Å²) in [7, 11) is 0. The summed E-state index contributed by atoms with van der Waals surface area (Å²) in [6.45, 7) is 6.46. The zero-order valence-electron chi connectivity index (χ0n) is 19.3. The van der Waals surface area contributed by atoms with Gasteiger partial charge in [-0.15, -0.1) is 0 Å². The molecule has 33 heavy (non-hydrogen) atoms. The van der Waals surface area contributed by atoms with E-state index in [2.05, 4.69) is 46.4 Å². The van der Waals surface area contributed by atoms with Gasteiger partial charge in [-0.05, 0) is 86.9 Å². The van der Waals surface area contributed by atoms with Gasteiger partial charge in [0.15, 0.2) is 9.54 Å². The van der Waals surface area contributed by atoms with E-state index >= 15 is 0 Å². The van der Waals surface area contributed by atoms with Crippen LogP contribution < -0.4 is 44.9 Å². The van der Waals surface area contributed by atoms with E-state index < -0.39 is 5.97 Å². The van der Waals surface area contributed by atoms with Crippen molar-refractivity contribution < 1.29 is 39.5 Å². The Morgan fingerprint density at radius 2 is 1.64 bits per heavy atom. The van der Waals surface area contributed by atoms with Crippen molar-refractivity contribution >= 4 is 41.8 Å². The van der Waals surface area contributed by atoms with Gasteiger partial charge in [-0.2, -0.15) is 0 Å². The molecular formula is C23H28N5NaO2S2. The fourth-order valence-corrected chi connectivity index (χ4v) is 4.41. The van der Waals surface area contributed by atoms with Crippen LogP contribution in [0.15, 0.2) is 42.5 Å².